The molecule has 0 aliphatic carbocycles. The second-order valence-corrected chi connectivity index (χ2v) is 6.81. The Bertz CT molecular complexity index is 744. The molecular formula is C6H5O11S3-. The van der Waals surface area contributed by atoms with Gasteiger partial charge >= 0.3 is 20.2 Å². The molecule has 114 valence electrons. The minimum Gasteiger partial charge on any atom is -0.768 e. The average Bonchev–Trinajstić information content (AvgIpc) is 2.09. The van der Waals surface area contributed by atoms with E-state index in [2.05, 4.69) is 0 Å². The van der Waals surface area contributed by atoms with Gasteiger partial charge < -0.3 is 19.9 Å². The molecule has 1 atom stereocenters. The Morgan fingerprint density at radius 3 is 1.30 bits per heavy atom. The minimum absolute atomic E-state index is 1.65. The van der Waals surface area contributed by atoms with Crippen molar-refractivity contribution in [1.82, 2.24) is 0 Å². The lowest BCUT2D eigenvalue weighted by molar-refractivity contribution is 0.359. The summed E-state index contributed by atoms with van der Waals surface area (Å²) in [6.07, 6.45) is 0. The Morgan fingerprint density at radius 1 is 0.800 bits per heavy atom. The fourth-order valence-electron chi connectivity index (χ4n) is 1.29. The summed E-state index contributed by atoms with van der Waals surface area (Å²) < 4.78 is 82.6. The number of phenolic OH excluding ortho intramolecular Hbond substituents is 3. The molecule has 1 unspecified atom stereocenters. The van der Waals surface area contributed by atoms with Crippen LogP contribution in [-0.2, 0) is 31.3 Å². The molecule has 0 amide bonds. The van der Waals surface area contributed by atoms with Gasteiger partial charge in [-0.1, -0.05) is 0 Å². The molecule has 0 aliphatic rings. The van der Waals surface area contributed by atoms with Gasteiger partial charge in [0, 0.05) is 0 Å². The first-order valence-corrected chi connectivity index (χ1v) is 8.10. The summed E-state index contributed by atoms with van der Waals surface area (Å²) in [6, 6.07) is 0. The summed E-state index contributed by atoms with van der Waals surface area (Å²) in [5.74, 6) is -5.58. The van der Waals surface area contributed by atoms with Gasteiger partial charge in [-0.2, -0.15) is 16.8 Å². The van der Waals surface area contributed by atoms with E-state index in [9.17, 15) is 40.9 Å². The number of rotatable bonds is 3. The fraction of sp³-hybridized carbons (Fsp3) is 0. The zero-order valence-electron chi connectivity index (χ0n) is 8.91. The Kier molecular flexibility index (Phi) is 4.01. The maximum atomic E-state index is 10.9. The fourth-order valence-corrected chi connectivity index (χ4v) is 3.39. The zero-order valence-corrected chi connectivity index (χ0v) is 11.4. The van der Waals surface area contributed by atoms with Gasteiger partial charge in [-0.15, -0.1) is 0 Å². The van der Waals surface area contributed by atoms with Crippen molar-refractivity contribution in [3.63, 3.8) is 0 Å². The van der Waals surface area contributed by atoms with Crippen molar-refractivity contribution in [3.05, 3.63) is 0 Å². The summed E-state index contributed by atoms with van der Waals surface area (Å²) in [5.41, 5.74) is 0. The van der Waals surface area contributed by atoms with Crippen LogP contribution in [0.15, 0.2) is 14.7 Å². The highest BCUT2D eigenvalue weighted by atomic mass is 32.2. The van der Waals surface area contributed by atoms with Crippen LogP contribution in [0.5, 0.6) is 17.2 Å². The first-order chi connectivity index (χ1) is 8.80. The Hall–Kier alpha value is -1.45. The molecule has 0 heterocycles. The van der Waals surface area contributed by atoms with Crippen LogP contribution >= 0.6 is 0 Å². The molecule has 1 aromatic carbocycles. The number of aromatic hydroxyl groups is 3. The molecule has 0 fully saturated rings. The topological polar surface area (TPSA) is 210 Å². The number of phenols is 3. The Morgan fingerprint density at radius 2 is 1.10 bits per heavy atom. The Labute approximate surface area is 113 Å². The Balaban J connectivity index is 4.22. The molecule has 0 aromatic heterocycles. The van der Waals surface area contributed by atoms with Crippen molar-refractivity contribution in [2.75, 3.05) is 0 Å². The van der Waals surface area contributed by atoms with Gasteiger partial charge in [-0.05, 0) is 11.1 Å². The van der Waals surface area contributed by atoms with Crippen LogP contribution in [0, 0.1) is 0 Å². The van der Waals surface area contributed by atoms with E-state index in [1.54, 1.807) is 0 Å². The van der Waals surface area contributed by atoms with Crippen molar-refractivity contribution >= 4 is 31.3 Å². The zero-order chi connectivity index (χ0) is 16.0. The average molecular weight is 349 g/mol. The van der Waals surface area contributed by atoms with E-state index in [1.807, 2.05) is 0 Å². The molecule has 11 nitrogen and oxygen atoms in total. The van der Waals surface area contributed by atoms with Crippen LogP contribution in [-0.4, -0.2) is 50.0 Å². The maximum Gasteiger partial charge on any atom is 0.302 e. The first-order valence-electron chi connectivity index (χ1n) is 4.15. The lowest BCUT2D eigenvalue weighted by atomic mass is 10.3. The molecule has 0 saturated carbocycles. The number of hydrogen-bond donors (Lipinski definition) is 5. The SMILES string of the molecule is O=S([O-])c1c(O)c(S(=O)(=O)O)c(O)c(S(=O)(=O)O)c1O. The molecule has 1 rings (SSSR count). The van der Waals surface area contributed by atoms with Gasteiger partial charge in [0.25, 0.3) is 0 Å². The summed E-state index contributed by atoms with van der Waals surface area (Å²) >= 11 is -3.56. The van der Waals surface area contributed by atoms with E-state index in [-0.39, 0.29) is 0 Å². The van der Waals surface area contributed by atoms with E-state index in [0.29, 0.717) is 0 Å². The first kappa shape index (κ1) is 16.6. The van der Waals surface area contributed by atoms with E-state index in [4.69, 9.17) is 9.11 Å². The van der Waals surface area contributed by atoms with E-state index < -0.39 is 63.3 Å². The summed E-state index contributed by atoms with van der Waals surface area (Å²) in [5, 5.41) is 28.0. The third-order valence-electron chi connectivity index (χ3n) is 1.97. The molecule has 5 N–H and O–H groups in total. The van der Waals surface area contributed by atoms with Crippen LogP contribution in [0.25, 0.3) is 0 Å². The van der Waals surface area contributed by atoms with Crippen molar-refractivity contribution in [1.29, 1.82) is 0 Å². The van der Waals surface area contributed by atoms with Gasteiger partial charge in [-0.3, -0.25) is 13.3 Å². The normalized spacial score (nSPS) is 14.2. The predicted molar refractivity (Wildman–Crippen MR) is 58.3 cm³/mol. The summed E-state index contributed by atoms with van der Waals surface area (Å²) in [4.78, 5) is -5.45. The summed E-state index contributed by atoms with van der Waals surface area (Å²) in [7, 11) is -11.0. The van der Waals surface area contributed by atoms with Gasteiger partial charge in [0.15, 0.2) is 27.0 Å². The molecule has 20 heavy (non-hydrogen) atoms. The van der Waals surface area contributed by atoms with Gasteiger partial charge in [-0.25, -0.2) is 0 Å². The van der Waals surface area contributed by atoms with Gasteiger partial charge in [0.05, 0.1) is 0 Å². The standard InChI is InChI=1S/C6H6O11S3/c7-1-4(18(10)11)2(8)6(20(15,16)17)3(9)5(1)19(12,13)14/h7-9H,(H,10,11)(H,12,13,14)(H,15,16,17)/p-1. The number of hydrogen-bond acceptors (Lipinski definition) is 9. The molecule has 0 aliphatic heterocycles. The molecule has 0 radical (unpaired) electrons. The van der Waals surface area contributed by atoms with Crippen molar-refractivity contribution < 1.29 is 50.0 Å². The van der Waals surface area contributed by atoms with Crippen LogP contribution in [0.3, 0.4) is 0 Å². The molecule has 0 spiro atoms. The largest absolute Gasteiger partial charge is 0.768 e. The van der Waals surface area contributed by atoms with E-state index in [1.165, 1.54) is 0 Å². The third-order valence-corrected chi connectivity index (χ3v) is 4.50. The lowest BCUT2D eigenvalue weighted by Gasteiger charge is -2.16. The molecule has 14 heteroatoms. The quantitative estimate of drug-likeness (QED) is 0.314. The van der Waals surface area contributed by atoms with Crippen LogP contribution in [0.2, 0.25) is 0 Å². The smallest absolute Gasteiger partial charge is 0.302 e. The minimum atomic E-state index is -5.48. The van der Waals surface area contributed by atoms with Crippen molar-refractivity contribution in [2.24, 2.45) is 0 Å². The second-order valence-electron chi connectivity index (χ2n) is 3.22. The van der Waals surface area contributed by atoms with Crippen LogP contribution in [0.1, 0.15) is 0 Å². The van der Waals surface area contributed by atoms with Gasteiger partial charge in [0.2, 0.25) is 0 Å². The van der Waals surface area contributed by atoms with Crippen molar-refractivity contribution in [2.45, 2.75) is 14.7 Å². The van der Waals surface area contributed by atoms with Crippen LogP contribution < -0.4 is 0 Å². The van der Waals surface area contributed by atoms with E-state index >= 15 is 0 Å². The maximum absolute atomic E-state index is 10.9. The monoisotopic (exact) mass is 349 g/mol. The van der Waals surface area contributed by atoms with Crippen molar-refractivity contribution in [3.8, 4) is 17.2 Å². The highest BCUT2D eigenvalue weighted by molar-refractivity contribution is 7.87. The van der Waals surface area contributed by atoms with Gasteiger partial charge in [0.1, 0.15) is 4.90 Å². The second kappa shape index (κ2) is 4.83. The molecule has 0 saturated heterocycles. The third kappa shape index (κ3) is 2.69. The lowest BCUT2D eigenvalue weighted by Crippen LogP contribution is -2.08. The molecule has 0 bridgehead atoms. The van der Waals surface area contributed by atoms with E-state index in [0.717, 1.165) is 0 Å². The highest BCUT2D eigenvalue weighted by Gasteiger charge is 2.35. The molecule has 1 aromatic rings. The predicted octanol–water partition coefficient (Wildman–Crippen LogP) is -1.47. The van der Waals surface area contributed by atoms with Crippen LogP contribution in [0.4, 0.5) is 0 Å². The summed E-state index contributed by atoms with van der Waals surface area (Å²) in [6.45, 7) is 0. The highest BCUT2D eigenvalue weighted by Crippen LogP contribution is 2.47. The molecular weight excluding hydrogens is 344 g/mol. The number of benzene rings is 1.